The van der Waals surface area contributed by atoms with Crippen molar-refractivity contribution in [2.24, 2.45) is 0 Å². The Labute approximate surface area is 455 Å². The number of nitrogens with zero attached hydrogens (tertiary/aromatic N) is 4. The van der Waals surface area contributed by atoms with Gasteiger partial charge in [0.1, 0.15) is 13.2 Å². The summed E-state index contributed by atoms with van der Waals surface area (Å²) in [6, 6.07) is 7.87. The van der Waals surface area contributed by atoms with E-state index in [1.54, 1.807) is 20.4 Å². The van der Waals surface area contributed by atoms with Crippen molar-refractivity contribution in [3.05, 3.63) is 70.6 Å². The number of carbonyl (C=O) groups excluding carboxylic acids is 2. The van der Waals surface area contributed by atoms with E-state index in [-0.39, 0.29) is 66.4 Å². The van der Waals surface area contributed by atoms with E-state index in [2.05, 4.69) is 37.9 Å². The molecular weight excluding hydrogens is 1080 g/mol. The minimum atomic E-state index is -1.08. The molecule has 0 saturated heterocycles. The summed E-state index contributed by atoms with van der Waals surface area (Å²) in [5, 5.41) is 37.5. The Balaban J connectivity index is 0.00000183. The number of hydrogen-bond acceptors (Lipinski definition) is 18. The van der Waals surface area contributed by atoms with Crippen LogP contribution in [0.15, 0.2) is 36.7 Å². The third kappa shape index (κ3) is 22.0. The first-order chi connectivity index (χ1) is 34.3. The normalized spacial score (nSPS) is 11.8. The van der Waals surface area contributed by atoms with Gasteiger partial charge in [-0.15, -0.1) is 0 Å². The molecule has 5 rings (SSSR count). The number of carboxylic acid groups (broad SMARTS) is 2. The van der Waals surface area contributed by atoms with E-state index < -0.39 is 11.9 Å². The Morgan fingerprint density at radius 3 is 1.46 bits per heavy atom. The van der Waals surface area contributed by atoms with Crippen LogP contribution in [0.1, 0.15) is 101 Å². The summed E-state index contributed by atoms with van der Waals surface area (Å²) in [5.74, 6) is -1.23. The third-order valence-electron chi connectivity index (χ3n) is 10.8. The fourth-order valence-electron chi connectivity index (χ4n) is 7.41. The predicted molar refractivity (Wildman–Crippen MR) is 267 cm³/mol. The van der Waals surface area contributed by atoms with Gasteiger partial charge in [-0.2, -0.15) is 0 Å². The third-order valence-corrected chi connectivity index (χ3v) is 10.8. The molecule has 72 heavy (non-hydrogen) atoms. The van der Waals surface area contributed by atoms with Crippen LogP contribution < -0.4 is 19.7 Å². The number of aliphatic hydroxyl groups is 2. The van der Waals surface area contributed by atoms with Crippen molar-refractivity contribution in [3.63, 3.8) is 0 Å². The van der Waals surface area contributed by atoms with Gasteiger partial charge in [0.25, 0.3) is 0 Å². The topological polar surface area (TPSA) is 262 Å². The summed E-state index contributed by atoms with van der Waals surface area (Å²) >= 11 is 0. The first kappa shape index (κ1) is 63.8. The molecule has 4 heterocycles. The number of carbonyl (C=O) groups is 2. The van der Waals surface area contributed by atoms with Crippen LogP contribution in [-0.4, -0.2) is 154 Å². The van der Waals surface area contributed by atoms with E-state index in [1.165, 1.54) is 11.1 Å². The molecule has 0 amide bonds. The van der Waals surface area contributed by atoms with Crippen LogP contribution in [0.5, 0.6) is 11.5 Å². The number of aromatic amines is 1. The second-order valence-corrected chi connectivity index (χ2v) is 16.0. The molecule has 2 aliphatic heterocycles. The number of allylic oxidation sites excluding steroid dienone is 4. The summed E-state index contributed by atoms with van der Waals surface area (Å²) in [6.07, 6.45) is 7.76. The molecule has 3 aromatic rings. The summed E-state index contributed by atoms with van der Waals surface area (Å²) in [4.78, 5) is 41.8. The van der Waals surface area contributed by atoms with Gasteiger partial charge in [-0.25, -0.2) is 9.97 Å². The Kier molecular flexibility index (Phi) is 32.4. The maximum absolute atomic E-state index is 9.86. The molecular formula is C52H73GdN5O14. The fourth-order valence-corrected chi connectivity index (χ4v) is 7.41. The molecule has 2 aromatic heterocycles. The molecule has 398 valence electrons. The number of fused-ring (bicyclic) bond motifs is 7. The predicted octanol–water partition coefficient (Wildman–Crippen LogP) is 4.64. The number of aliphatic hydroxyl groups excluding tert-OH is 2. The van der Waals surface area contributed by atoms with Crippen molar-refractivity contribution < 1.29 is 108 Å². The maximum atomic E-state index is 9.86. The molecule has 19 nitrogen and oxygen atoms in total. The van der Waals surface area contributed by atoms with Crippen molar-refractivity contribution in [3.8, 4) is 11.5 Å². The van der Waals surface area contributed by atoms with Gasteiger partial charge in [0, 0.05) is 57.0 Å². The van der Waals surface area contributed by atoms with Gasteiger partial charge >= 0.3 is 39.9 Å². The Morgan fingerprint density at radius 2 is 0.986 bits per heavy atom. The second kappa shape index (κ2) is 36.6. The van der Waals surface area contributed by atoms with Crippen LogP contribution in [0, 0.1) is 46.9 Å². The molecule has 1 aromatic carbocycles. The molecule has 3 N–H and O–H groups in total. The number of ether oxygens (including phenoxy) is 8. The number of methoxy groups -OCH3 is 2. The number of aromatic nitrogens is 5. The van der Waals surface area contributed by atoms with Gasteiger partial charge in [0.05, 0.1) is 118 Å². The number of hydrogen-bond donors (Lipinski definition) is 3. The minimum Gasteiger partial charge on any atom is -0.550 e. The quantitative estimate of drug-likeness (QED) is 0.0837. The van der Waals surface area contributed by atoms with E-state index in [9.17, 15) is 10.2 Å². The largest absolute Gasteiger partial charge is 2.00 e. The van der Waals surface area contributed by atoms with Crippen molar-refractivity contribution in [2.45, 2.75) is 80.1 Å². The van der Waals surface area contributed by atoms with Crippen molar-refractivity contribution in [1.29, 1.82) is 0 Å². The Hall–Kier alpha value is -4.32. The molecule has 0 radical (unpaired) electrons. The minimum absolute atomic E-state index is 0. The molecule has 0 spiro atoms. The molecule has 0 saturated carbocycles. The van der Waals surface area contributed by atoms with Crippen LogP contribution in [0.4, 0.5) is 0 Å². The molecule has 0 unspecified atom stereocenters. The average molecular weight is 1150 g/mol. The zero-order chi connectivity index (χ0) is 52.0. The molecule has 20 heteroatoms. The molecule has 0 aliphatic carbocycles. The van der Waals surface area contributed by atoms with Crippen LogP contribution in [-0.2, 0) is 44.4 Å². The molecule has 6 bridgehead atoms. The number of benzene rings is 1. The van der Waals surface area contributed by atoms with Gasteiger partial charge in [-0.3, -0.25) is 9.97 Å². The van der Waals surface area contributed by atoms with Gasteiger partial charge in [0.2, 0.25) is 0 Å². The SMILES string of the molecule is CC(=O)[O-].CC(=O)[O-].CCC1=C(CC)c2cc3[nH]c(cnc4cc(OCCOCCOCCOC)c(OCCOCCOCCOC)cc4ncc4nc(cc1n2)C(CCCO)=C4C)c(C)c3CCCO.[Gd+2]. The Morgan fingerprint density at radius 1 is 0.569 bits per heavy atom. The number of rotatable bonds is 28. The zero-order valence-corrected chi connectivity index (χ0v) is 45.3. The number of aryl methyl sites for hydroxylation is 2. The van der Waals surface area contributed by atoms with Crippen LogP contribution in [0.3, 0.4) is 0 Å². The maximum Gasteiger partial charge on any atom is 2.00 e. The van der Waals surface area contributed by atoms with Crippen molar-refractivity contribution >= 4 is 56.3 Å². The van der Waals surface area contributed by atoms with Crippen LogP contribution in [0.2, 0.25) is 0 Å². The standard InChI is InChI=1S/C48H67N5O10.2C2H4O2.Gd/c1-7-35-36(8-2)40-28-42-38(12-10-14-55)34(4)46(53-42)32-50-44-30-48(63-26-24-61-22-20-59-18-16-57-6)47(62-25-23-60-21-19-58-17-15-56-5)29-43(44)49-31-45-33(3)37(11-9-13-54)41(52-45)27-39(35)51-40;2*1-2(3)4;/h27-32,52,54-55H,7-26H2,1-6H3;2*1H3,(H,3,4);/q;;;+2/p-2. The number of carboxylic acids is 2. The van der Waals surface area contributed by atoms with E-state index in [4.69, 9.17) is 77.6 Å². The van der Waals surface area contributed by atoms with Crippen molar-refractivity contribution in [2.75, 3.05) is 107 Å². The molecule has 0 atom stereocenters. The first-order valence-corrected chi connectivity index (χ1v) is 24.0. The van der Waals surface area contributed by atoms with E-state index in [0.29, 0.717) is 120 Å². The van der Waals surface area contributed by atoms with E-state index in [1.807, 2.05) is 25.3 Å². The average Bonchev–Trinajstić information content (AvgIpc) is 3.94. The van der Waals surface area contributed by atoms with E-state index >= 15 is 0 Å². The van der Waals surface area contributed by atoms with Gasteiger partial charge in [-0.1, -0.05) is 13.8 Å². The monoisotopic (exact) mass is 1150 g/mol. The number of H-pyrrole nitrogens is 1. The smallest absolute Gasteiger partial charge is 0.550 e. The Bertz CT molecular complexity index is 2390. The number of aliphatic carboxylic acids is 2. The summed E-state index contributed by atoms with van der Waals surface area (Å²) in [7, 11) is 3.28. The van der Waals surface area contributed by atoms with Gasteiger partial charge in [0.15, 0.2) is 11.5 Å². The van der Waals surface area contributed by atoms with Crippen molar-refractivity contribution in [1.82, 2.24) is 24.9 Å². The summed E-state index contributed by atoms with van der Waals surface area (Å²) in [5.41, 5.74) is 12.7. The summed E-state index contributed by atoms with van der Waals surface area (Å²) in [6.45, 7) is 15.5. The molecule has 0 fully saturated rings. The van der Waals surface area contributed by atoms with Crippen LogP contribution in [0.25, 0.3) is 44.4 Å². The van der Waals surface area contributed by atoms with E-state index in [0.717, 1.165) is 77.1 Å². The van der Waals surface area contributed by atoms with Crippen LogP contribution >= 0.6 is 0 Å². The summed E-state index contributed by atoms with van der Waals surface area (Å²) < 4.78 is 45.3. The molecule has 2 aliphatic rings. The van der Waals surface area contributed by atoms with Gasteiger partial charge in [-0.05, 0) is 112 Å². The second-order valence-electron chi connectivity index (χ2n) is 16.0. The number of nitrogens with one attached hydrogen (secondary N) is 1. The first-order valence-electron chi connectivity index (χ1n) is 24.0. The fraction of sp³-hybridized carbons (Fsp3) is 0.538. The van der Waals surface area contributed by atoms with Gasteiger partial charge < -0.3 is 72.9 Å². The zero-order valence-electron chi connectivity index (χ0n) is 43.0.